The summed E-state index contributed by atoms with van der Waals surface area (Å²) in [5.41, 5.74) is 0. The van der Waals surface area contributed by atoms with Gasteiger partial charge < -0.3 is 33.8 Å². The van der Waals surface area contributed by atoms with Gasteiger partial charge in [-0.25, -0.2) is 9.13 Å². The Balaban J connectivity index is 5.21. The highest BCUT2D eigenvalue weighted by atomic mass is 31.2. The molecule has 0 saturated carbocycles. The molecule has 0 aliphatic heterocycles. The summed E-state index contributed by atoms with van der Waals surface area (Å²) in [6.45, 7) is 9.59. The first kappa shape index (κ1) is 101. The second-order valence-corrected chi connectivity index (χ2v) is 33.8. The zero-order valence-electron chi connectivity index (χ0n) is 67.6. The van der Waals surface area contributed by atoms with Gasteiger partial charge >= 0.3 is 39.5 Å². The first-order valence-corrected chi connectivity index (χ1v) is 46.5. The lowest BCUT2D eigenvalue weighted by Crippen LogP contribution is -2.30. The lowest BCUT2D eigenvalue weighted by Gasteiger charge is -2.21. The number of hydrogen-bond donors (Lipinski definition) is 3. The van der Waals surface area contributed by atoms with Gasteiger partial charge in [0.2, 0.25) is 0 Å². The van der Waals surface area contributed by atoms with Crippen molar-refractivity contribution in [3.8, 4) is 0 Å². The third-order valence-electron chi connectivity index (χ3n) is 20.1. The summed E-state index contributed by atoms with van der Waals surface area (Å²) in [5, 5.41) is 10.7. The number of ether oxygens (including phenoxy) is 4. The van der Waals surface area contributed by atoms with E-state index in [1.165, 1.54) is 257 Å². The van der Waals surface area contributed by atoms with Crippen LogP contribution in [0, 0.1) is 11.8 Å². The minimum atomic E-state index is -4.96. The van der Waals surface area contributed by atoms with E-state index in [4.69, 9.17) is 37.0 Å². The molecule has 612 valence electrons. The van der Waals surface area contributed by atoms with E-state index >= 15 is 0 Å². The standard InChI is InChI=1S/C84H164O17P2/c1-7-10-12-14-16-18-20-22-24-26-28-30-32-34-36-38-43-47-54-60-66-81(86)94-72-79(100-83(88)68-62-56-48-44-39-37-35-33-31-29-27-25-23-21-19-17-15-13-11-8-2)74-98-102(90,91)96-70-78(85)71-97-103(92,93)99-75-80(73-95-82(87)67-61-55-51-50-52-58-64-76(4)5)101-84(89)69-63-57-49-45-41-40-42-46-53-59-65-77(6)9-3/h76-80,85H,7-75H2,1-6H3,(H,90,91)(H,92,93)/t77?,78-,79-,80-/m1/s1. The molecule has 0 fully saturated rings. The topological polar surface area (TPSA) is 237 Å². The first-order chi connectivity index (χ1) is 49.9. The van der Waals surface area contributed by atoms with Crippen LogP contribution in [0.3, 0.4) is 0 Å². The van der Waals surface area contributed by atoms with Crippen LogP contribution in [0.2, 0.25) is 0 Å². The van der Waals surface area contributed by atoms with E-state index in [9.17, 15) is 43.2 Å². The Bertz CT molecular complexity index is 1980. The fraction of sp³-hybridized carbons (Fsp3) is 0.952. The zero-order valence-corrected chi connectivity index (χ0v) is 69.4. The number of aliphatic hydroxyl groups excluding tert-OH is 1. The minimum Gasteiger partial charge on any atom is -0.462 e. The van der Waals surface area contributed by atoms with Crippen molar-refractivity contribution in [3.63, 3.8) is 0 Å². The molecule has 3 unspecified atom stereocenters. The van der Waals surface area contributed by atoms with Crippen molar-refractivity contribution in [2.45, 2.75) is 464 Å². The first-order valence-electron chi connectivity index (χ1n) is 43.5. The molecule has 0 aliphatic rings. The van der Waals surface area contributed by atoms with Crippen LogP contribution >= 0.6 is 15.6 Å². The molecule has 103 heavy (non-hydrogen) atoms. The predicted octanol–water partition coefficient (Wildman–Crippen LogP) is 25.5. The number of phosphoric ester groups is 2. The summed E-state index contributed by atoms with van der Waals surface area (Å²) < 4.78 is 68.8. The number of phosphoric acid groups is 2. The highest BCUT2D eigenvalue weighted by Gasteiger charge is 2.30. The van der Waals surface area contributed by atoms with Crippen molar-refractivity contribution < 1.29 is 80.2 Å². The Labute approximate surface area is 632 Å². The summed E-state index contributed by atoms with van der Waals surface area (Å²) in [5.74, 6) is -0.627. The molecule has 0 aromatic heterocycles. The van der Waals surface area contributed by atoms with Gasteiger partial charge in [-0.05, 0) is 37.5 Å². The summed E-state index contributed by atoms with van der Waals surface area (Å²) in [6.07, 6.45) is 66.9. The third-order valence-corrected chi connectivity index (χ3v) is 22.0. The van der Waals surface area contributed by atoms with Crippen molar-refractivity contribution in [3.05, 3.63) is 0 Å². The number of unbranched alkanes of at least 4 members (excludes halogenated alkanes) is 52. The number of carbonyl (C=O) groups excluding carboxylic acids is 4. The van der Waals surface area contributed by atoms with Gasteiger partial charge in [-0.15, -0.1) is 0 Å². The maximum Gasteiger partial charge on any atom is 0.472 e. The van der Waals surface area contributed by atoms with Gasteiger partial charge in [0, 0.05) is 25.7 Å². The molecule has 0 saturated heterocycles. The van der Waals surface area contributed by atoms with Gasteiger partial charge in [0.1, 0.15) is 19.3 Å². The summed E-state index contributed by atoms with van der Waals surface area (Å²) >= 11 is 0. The Morgan fingerprint density at radius 2 is 0.495 bits per heavy atom. The highest BCUT2D eigenvalue weighted by molar-refractivity contribution is 7.47. The van der Waals surface area contributed by atoms with Crippen molar-refractivity contribution in [1.29, 1.82) is 0 Å². The van der Waals surface area contributed by atoms with Crippen LogP contribution < -0.4 is 0 Å². The Kier molecular flexibility index (Phi) is 74.1. The SMILES string of the molecule is CCCCCCCCCCCCCCCCCCCCCCC(=O)OC[C@H](COP(=O)(O)OC[C@@H](O)COP(=O)(O)OC[C@@H](COC(=O)CCCCCCCCC(C)C)OC(=O)CCCCCCCCCCCCC(C)CC)OC(=O)CCCCCCCCCCCCCCCCCCCCCC. The van der Waals surface area contributed by atoms with Gasteiger partial charge in [-0.2, -0.15) is 0 Å². The highest BCUT2D eigenvalue weighted by Crippen LogP contribution is 2.45. The van der Waals surface area contributed by atoms with Crippen LogP contribution in [0.25, 0.3) is 0 Å². The van der Waals surface area contributed by atoms with Crippen molar-refractivity contribution in [2.75, 3.05) is 39.6 Å². The second kappa shape index (κ2) is 75.5. The molecular weight excluding hydrogens is 1340 g/mol. The van der Waals surface area contributed by atoms with Crippen LogP contribution in [0.5, 0.6) is 0 Å². The number of carbonyl (C=O) groups is 4. The molecule has 0 aliphatic carbocycles. The summed E-state index contributed by atoms with van der Waals surface area (Å²) in [6, 6.07) is 0. The van der Waals surface area contributed by atoms with Crippen molar-refractivity contribution in [2.24, 2.45) is 11.8 Å². The van der Waals surface area contributed by atoms with Crippen molar-refractivity contribution >= 4 is 39.5 Å². The number of esters is 4. The molecule has 0 amide bonds. The lowest BCUT2D eigenvalue weighted by atomic mass is 9.99. The zero-order chi connectivity index (χ0) is 75.6. The molecule has 0 aromatic rings. The average Bonchev–Trinajstić information content (AvgIpc) is 0.935. The summed E-state index contributed by atoms with van der Waals surface area (Å²) in [4.78, 5) is 73.1. The maximum atomic E-state index is 13.1. The summed E-state index contributed by atoms with van der Waals surface area (Å²) in [7, 11) is -9.92. The predicted molar refractivity (Wildman–Crippen MR) is 423 cm³/mol. The molecule has 0 aromatic carbocycles. The fourth-order valence-corrected chi connectivity index (χ4v) is 14.6. The van der Waals surface area contributed by atoms with Gasteiger partial charge in [0.25, 0.3) is 0 Å². The molecule has 17 nitrogen and oxygen atoms in total. The van der Waals surface area contributed by atoms with Gasteiger partial charge in [0.15, 0.2) is 12.2 Å². The van der Waals surface area contributed by atoms with Crippen LogP contribution in [-0.4, -0.2) is 96.7 Å². The molecule has 0 heterocycles. The monoisotopic (exact) mass is 1510 g/mol. The number of rotatable bonds is 83. The second-order valence-electron chi connectivity index (χ2n) is 30.9. The van der Waals surface area contributed by atoms with E-state index in [2.05, 4.69) is 41.5 Å². The van der Waals surface area contributed by atoms with Gasteiger partial charge in [0.05, 0.1) is 26.4 Å². The van der Waals surface area contributed by atoms with E-state index in [-0.39, 0.29) is 25.7 Å². The van der Waals surface area contributed by atoms with Crippen LogP contribution in [0.15, 0.2) is 0 Å². The molecule has 0 spiro atoms. The fourth-order valence-electron chi connectivity index (χ4n) is 13.0. The Hall–Kier alpha value is -1.94. The third kappa shape index (κ3) is 76.6. The number of hydrogen-bond acceptors (Lipinski definition) is 15. The Morgan fingerprint density at radius 1 is 0.282 bits per heavy atom. The smallest absolute Gasteiger partial charge is 0.462 e. The maximum absolute atomic E-state index is 13.1. The average molecular weight is 1510 g/mol. The molecule has 3 N–H and O–H groups in total. The minimum absolute atomic E-state index is 0.106. The van der Waals surface area contributed by atoms with Crippen molar-refractivity contribution in [1.82, 2.24) is 0 Å². The van der Waals surface area contributed by atoms with Crippen LogP contribution in [0.1, 0.15) is 446 Å². The quantitative estimate of drug-likeness (QED) is 0.0222. The van der Waals surface area contributed by atoms with E-state index in [0.29, 0.717) is 31.6 Å². The number of aliphatic hydroxyl groups is 1. The Morgan fingerprint density at radius 3 is 0.738 bits per heavy atom. The molecular formula is C84H164O17P2. The van der Waals surface area contributed by atoms with E-state index in [0.717, 1.165) is 102 Å². The van der Waals surface area contributed by atoms with Gasteiger partial charge in [-0.3, -0.25) is 37.3 Å². The van der Waals surface area contributed by atoms with Crippen LogP contribution in [-0.2, 0) is 65.4 Å². The van der Waals surface area contributed by atoms with E-state index < -0.39 is 97.5 Å². The normalized spacial score (nSPS) is 14.1. The van der Waals surface area contributed by atoms with E-state index in [1.807, 2.05) is 0 Å². The van der Waals surface area contributed by atoms with Crippen LogP contribution in [0.4, 0.5) is 0 Å². The molecule has 0 rings (SSSR count). The molecule has 19 heteroatoms. The molecule has 6 atom stereocenters. The molecule has 0 radical (unpaired) electrons. The van der Waals surface area contributed by atoms with E-state index in [1.54, 1.807) is 0 Å². The molecule has 0 bridgehead atoms. The lowest BCUT2D eigenvalue weighted by molar-refractivity contribution is -0.161. The largest absolute Gasteiger partial charge is 0.472 e. The van der Waals surface area contributed by atoms with Gasteiger partial charge in [-0.1, -0.05) is 395 Å².